The molecule has 1 aliphatic rings. The SMILES string of the molecule is CN(Cc1ccccc1Br)c1ncccc1CNC1CC1. The predicted octanol–water partition coefficient (Wildman–Crippen LogP) is 3.73. The summed E-state index contributed by atoms with van der Waals surface area (Å²) in [6.45, 7) is 1.74. The van der Waals surface area contributed by atoms with Crippen molar-refractivity contribution in [2.24, 2.45) is 0 Å². The Balaban J connectivity index is 1.74. The Bertz CT molecular complexity index is 610. The fraction of sp³-hybridized carbons (Fsp3) is 0.353. The Morgan fingerprint density at radius 3 is 2.71 bits per heavy atom. The maximum absolute atomic E-state index is 4.57. The normalized spacial score (nSPS) is 14.2. The molecular formula is C17H20BrN3. The molecule has 1 aliphatic carbocycles. The van der Waals surface area contributed by atoms with Gasteiger partial charge in [0.2, 0.25) is 0 Å². The molecule has 0 amide bonds. The molecule has 110 valence electrons. The van der Waals surface area contributed by atoms with Gasteiger partial charge in [-0.2, -0.15) is 0 Å². The molecule has 0 saturated heterocycles. The van der Waals surface area contributed by atoms with Crippen molar-refractivity contribution in [3.63, 3.8) is 0 Å². The average molecular weight is 346 g/mol. The number of hydrogen-bond acceptors (Lipinski definition) is 3. The van der Waals surface area contributed by atoms with Crippen molar-refractivity contribution >= 4 is 21.7 Å². The minimum atomic E-state index is 0.714. The Hall–Kier alpha value is -1.39. The van der Waals surface area contributed by atoms with E-state index in [1.165, 1.54) is 24.0 Å². The monoisotopic (exact) mass is 345 g/mol. The summed E-state index contributed by atoms with van der Waals surface area (Å²) in [5.74, 6) is 1.06. The van der Waals surface area contributed by atoms with Crippen molar-refractivity contribution in [3.05, 3.63) is 58.2 Å². The van der Waals surface area contributed by atoms with Crippen molar-refractivity contribution in [1.82, 2.24) is 10.3 Å². The standard InChI is InChI=1S/C17H20BrN3/c1-21(12-14-5-2-3-7-16(14)18)17-13(6-4-10-19-17)11-20-15-8-9-15/h2-7,10,15,20H,8-9,11-12H2,1H3. The van der Waals surface area contributed by atoms with Crippen LogP contribution in [0.3, 0.4) is 0 Å². The number of aromatic nitrogens is 1. The van der Waals surface area contributed by atoms with Gasteiger partial charge in [0.05, 0.1) is 0 Å². The molecule has 0 aliphatic heterocycles. The number of anilines is 1. The zero-order chi connectivity index (χ0) is 14.7. The van der Waals surface area contributed by atoms with Crippen molar-refractivity contribution in [3.8, 4) is 0 Å². The molecule has 1 aromatic heterocycles. The predicted molar refractivity (Wildman–Crippen MR) is 90.3 cm³/mol. The molecule has 0 radical (unpaired) electrons. The van der Waals surface area contributed by atoms with Crippen LogP contribution in [0.4, 0.5) is 5.82 Å². The first-order chi connectivity index (χ1) is 10.2. The molecule has 0 spiro atoms. The highest BCUT2D eigenvalue weighted by Crippen LogP contribution is 2.24. The molecule has 3 nitrogen and oxygen atoms in total. The third-order valence-corrected chi connectivity index (χ3v) is 4.53. The third-order valence-electron chi connectivity index (χ3n) is 3.75. The number of nitrogens with zero attached hydrogens (tertiary/aromatic N) is 2. The maximum atomic E-state index is 4.57. The fourth-order valence-electron chi connectivity index (χ4n) is 2.41. The van der Waals surface area contributed by atoms with Gasteiger partial charge in [0, 0.05) is 42.4 Å². The highest BCUT2D eigenvalue weighted by Gasteiger charge is 2.21. The van der Waals surface area contributed by atoms with Crippen LogP contribution in [-0.2, 0) is 13.1 Å². The minimum absolute atomic E-state index is 0.714. The molecule has 3 rings (SSSR count). The van der Waals surface area contributed by atoms with E-state index in [0.29, 0.717) is 6.04 Å². The average Bonchev–Trinajstić information content (AvgIpc) is 3.32. The molecule has 1 saturated carbocycles. The number of halogens is 1. The van der Waals surface area contributed by atoms with E-state index in [9.17, 15) is 0 Å². The van der Waals surface area contributed by atoms with E-state index in [4.69, 9.17) is 0 Å². The number of benzene rings is 1. The Morgan fingerprint density at radius 2 is 1.95 bits per heavy atom. The molecule has 0 bridgehead atoms. The number of rotatable bonds is 6. The second kappa shape index (κ2) is 6.58. The van der Waals surface area contributed by atoms with Gasteiger partial charge in [-0.3, -0.25) is 0 Å². The van der Waals surface area contributed by atoms with Gasteiger partial charge in [0.1, 0.15) is 5.82 Å². The second-order valence-corrected chi connectivity index (χ2v) is 6.44. The third kappa shape index (κ3) is 3.83. The van der Waals surface area contributed by atoms with E-state index in [1.54, 1.807) is 0 Å². The highest BCUT2D eigenvalue weighted by atomic mass is 79.9. The summed E-state index contributed by atoms with van der Waals surface area (Å²) in [5, 5.41) is 3.57. The van der Waals surface area contributed by atoms with Crippen LogP contribution < -0.4 is 10.2 Å². The number of hydrogen-bond donors (Lipinski definition) is 1. The van der Waals surface area contributed by atoms with E-state index in [1.807, 2.05) is 18.3 Å². The van der Waals surface area contributed by atoms with E-state index >= 15 is 0 Å². The van der Waals surface area contributed by atoms with Gasteiger partial charge >= 0.3 is 0 Å². The zero-order valence-corrected chi connectivity index (χ0v) is 13.8. The van der Waals surface area contributed by atoms with Crippen LogP contribution in [0.1, 0.15) is 24.0 Å². The van der Waals surface area contributed by atoms with Crippen LogP contribution in [0.2, 0.25) is 0 Å². The second-order valence-electron chi connectivity index (χ2n) is 5.59. The first kappa shape index (κ1) is 14.5. The lowest BCUT2D eigenvalue weighted by Crippen LogP contribution is -2.22. The Kier molecular flexibility index (Phi) is 4.56. The maximum Gasteiger partial charge on any atom is 0.133 e. The summed E-state index contributed by atoms with van der Waals surface area (Å²) in [7, 11) is 2.10. The molecule has 1 aromatic carbocycles. The van der Waals surface area contributed by atoms with Gasteiger partial charge in [-0.25, -0.2) is 4.98 Å². The summed E-state index contributed by atoms with van der Waals surface area (Å²) >= 11 is 3.61. The Labute approximate surface area is 134 Å². The van der Waals surface area contributed by atoms with Crippen LogP contribution in [0.15, 0.2) is 47.1 Å². The summed E-state index contributed by atoms with van der Waals surface area (Å²) in [6.07, 6.45) is 4.48. The lowest BCUT2D eigenvalue weighted by molar-refractivity contribution is 0.682. The topological polar surface area (TPSA) is 28.2 Å². The van der Waals surface area contributed by atoms with Crippen LogP contribution >= 0.6 is 15.9 Å². The zero-order valence-electron chi connectivity index (χ0n) is 12.2. The lowest BCUT2D eigenvalue weighted by Gasteiger charge is -2.22. The first-order valence-corrected chi connectivity index (χ1v) is 8.15. The Morgan fingerprint density at radius 1 is 1.19 bits per heavy atom. The van der Waals surface area contributed by atoms with Gasteiger partial charge in [0.15, 0.2) is 0 Å². The smallest absolute Gasteiger partial charge is 0.133 e. The number of nitrogens with one attached hydrogen (secondary N) is 1. The molecule has 1 N–H and O–H groups in total. The highest BCUT2D eigenvalue weighted by molar-refractivity contribution is 9.10. The molecule has 0 atom stereocenters. The molecule has 0 unspecified atom stereocenters. The lowest BCUT2D eigenvalue weighted by atomic mass is 10.2. The van der Waals surface area contributed by atoms with E-state index < -0.39 is 0 Å². The molecular weight excluding hydrogens is 326 g/mol. The summed E-state index contributed by atoms with van der Waals surface area (Å²) in [6, 6.07) is 13.2. The van der Waals surface area contributed by atoms with Crippen molar-refractivity contribution in [2.75, 3.05) is 11.9 Å². The largest absolute Gasteiger partial charge is 0.355 e. The van der Waals surface area contributed by atoms with Gasteiger partial charge in [-0.1, -0.05) is 40.2 Å². The van der Waals surface area contributed by atoms with Crippen LogP contribution in [-0.4, -0.2) is 18.1 Å². The quantitative estimate of drug-likeness (QED) is 0.864. The first-order valence-electron chi connectivity index (χ1n) is 7.36. The molecule has 1 fully saturated rings. The van der Waals surface area contributed by atoms with Gasteiger partial charge in [-0.05, 0) is 30.5 Å². The van der Waals surface area contributed by atoms with Gasteiger partial charge in [0.25, 0.3) is 0 Å². The van der Waals surface area contributed by atoms with E-state index in [2.05, 4.69) is 62.4 Å². The molecule has 1 heterocycles. The summed E-state index contributed by atoms with van der Waals surface area (Å²) in [5.41, 5.74) is 2.53. The van der Waals surface area contributed by atoms with Crippen LogP contribution in [0.5, 0.6) is 0 Å². The van der Waals surface area contributed by atoms with Crippen LogP contribution in [0, 0.1) is 0 Å². The van der Waals surface area contributed by atoms with E-state index in [-0.39, 0.29) is 0 Å². The van der Waals surface area contributed by atoms with Gasteiger partial charge in [-0.15, -0.1) is 0 Å². The van der Waals surface area contributed by atoms with E-state index in [0.717, 1.165) is 23.4 Å². The fourth-order valence-corrected chi connectivity index (χ4v) is 2.82. The van der Waals surface area contributed by atoms with Crippen molar-refractivity contribution < 1.29 is 0 Å². The molecule has 2 aromatic rings. The van der Waals surface area contributed by atoms with Gasteiger partial charge < -0.3 is 10.2 Å². The number of pyridine rings is 1. The summed E-state index contributed by atoms with van der Waals surface area (Å²) in [4.78, 5) is 6.79. The van der Waals surface area contributed by atoms with Crippen molar-refractivity contribution in [1.29, 1.82) is 0 Å². The summed E-state index contributed by atoms with van der Waals surface area (Å²) < 4.78 is 1.14. The van der Waals surface area contributed by atoms with Crippen LogP contribution in [0.25, 0.3) is 0 Å². The minimum Gasteiger partial charge on any atom is -0.355 e. The molecule has 21 heavy (non-hydrogen) atoms. The molecule has 4 heteroatoms. The van der Waals surface area contributed by atoms with Crippen molar-refractivity contribution in [2.45, 2.75) is 32.0 Å².